The summed E-state index contributed by atoms with van der Waals surface area (Å²) in [7, 11) is 3.72. The zero-order chi connectivity index (χ0) is 13.5. The molecule has 0 unspecified atom stereocenters. The Labute approximate surface area is 127 Å². The fraction of sp³-hybridized carbons (Fsp3) is 0.600. The average Bonchev–Trinajstić information content (AvgIpc) is 2.49. The topological polar surface area (TPSA) is 33.7 Å². The Kier molecular flexibility index (Phi) is 7.73. The molecule has 0 bridgehead atoms. The third-order valence-electron chi connectivity index (χ3n) is 3.73. The second-order valence-electron chi connectivity index (χ2n) is 4.93. The Balaban J connectivity index is 0.00000200. The molecule has 0 aromatic heterocycles. The van der Waals surface area contributed by atoms with E-state index in [0.29, 0.717) is 6.04 Å². The van der Waals surface area contributed by atoms with Crippen molar-refractivity contribution >= 4 is 12.4 Å². The number of rotatable bonds is 6. The van der Waals surface area contributed by atoms with E-state index in [4.69, 9.17) is 9.47 Å². The quantitative estimate of drug-likeness (QED) is 0.873. The van der Waals surface area contributed by atoms with Crippen molar-refractivity contribution in [1.82, 2.24) is 10.2 Å². The normalized spacial score (nSPS) is 16.5. The van der Waals surface area contributed by atoms with Crippen molar-refractivity contribution in [2.45, 2.75) is 18.9 Å². The van der Waals surface area contributed by atoms with Gasteiger partial charge in [0.15, 0.2) is 0 Å². The van der Waals surface area contributed by atoms with E-state index in [9.17, 15) is 0 Å². The van der Waals surface area contributed by atoms with Crippen LogP contribution in [0.15, 0.2) is 24.3 Å². The van der Waals surface area contributed by atoms with Gasteiger partial charge in [0, 0.05) is 12.6 Å². The first-order chi connectivity index (χ1) is 9.31. The average molecular weight is 301 g/mol. The van der Waals surface area contributed by atoms with Crippen LogP contribution >= 0.6 is 12.4 Å². The molecule has 1 fully saturated rings. The van der Waals surface area contributed by atoms with Crippen LogP contribution in [0.4, 0.5) is 0 Å². The second kappa shape index (κ2) is 9.06. The van der Waals surface area contributed by atoms with Gasteiger partial charge in [-0.25, -0.2) is 0 Å². The smallest absolute Gasteiger partial charge is 0.119 e. The summed E-state index contributed by atoms with van der Waals surface area (Å²) in [5.41, 5.74) is 0. The van der Waals surface area contributed by atoms with Gasteiger partial charge in [0.2, 0.25) is 0 Å². The number of benzene rings is 1. The maximum absolute atomic E-state index is 5.75. The van der Waals surface area contributed by atoms with Crippen molar-refractivity contribution in [3.05, 3.63) is 24.3 Å². The van der Waals surface area contributed by atoms with Crippen LogP contribution < -0.4 is 14.8 Å². The SMILES string of the molecule is CNC1CCN(CCOc2ccc(OC)cc2)CC1.Cl. The summed E-state index contributed by atoms with van der Waals surface area (Å²) in [4.78, 5) is 2.47. The molecule has 1 heterocycles. The van der Waals surface area contributed by atoms with E-state index in [1.54, 1.807) is 7.11 Å². The molecule has 114 valence electrons. The molecule has 1 aromatic rings. The van der Waals surface area contributed by atoms with E-state index in [1.165, 1.54) is 12.8 Å². The Hall–Kier alpha value is -0.970. The lowest BCUT2D eigenvalue weighted by molar-refractivity contribution is 0.167. The molecule has 1 N–H and O–H groups in total. The van der Waals surface area contributed by atoms with Crippen LogP contribution in [0.3, 0.4) is 0 Å². The lowest BCUT2D eigenvalue weighted by Gasteiger charge is -2.31. The number of nitrogens with one attached hydrogen (secondary N) is 1. The maximum Gasteiger partial charge on any atom is 0.119 e. The predicted octanol–water partition coefficient (Wildman–Crippen LogP) is 2.18. The summed E-state index contributed by atoms with van der Waals surface area (Å²) in [5.74, 6) is 1.77. The zero-order valence-corrected chi connectivity index (χ0v) is 13.1. The van der Waals surface area contributed by atoms with Gasteiger partial charge >= 0.3 is 0 Å². The van der Waals surface area contributed by atoms with Gasteiger partial charge in [-0.15, -0.1) is 12.4 Å². The largest absolute Gasteiger partial charge is 0.497 e. The van der Waals surface area contributed by atoms with Crippen molar-refractivity contribution < 1.29 is 9.47 Å². The number of ether oxygens (including phenoxy) is 2. The molecule has 1 aliphatic heterocycles. The van der Waals surface area contributed by atoms with Gasteiger partial charge in [-0.05, 0) is 57.2 Å². The highest BCUT2D eigenvalue weighted by molar-refractivity contribution is 5.85. The van der Waals surface area contributed by atoms with Gasteiger partial charge in [0.25, 0.3) is 0 Å². The summed E-state index contributed by atoms with van der Waals surface area (Å²) < 4.78 is 10.9. The number of nitrogens with zero attached hydrogens (tertiary/aromatic N) is 1. The molecule has 1 saturated heterocycles. The van der Waals surface area contributed by atoms with Crippen LogP contribution in [-0.2, 0) is 0 Å². The first kappa shape index (κ1) is 17.1. The predicted molar refractivity (Wildman–Crippen MR) is 84.3 cm³/mol. The van der Waals surface area contributed by atoms with Crippen LogP contribution in [-0.4, -0.2) is 51.3 Å². The summed E-state index contributed by atoms with van der Waals surface area (Å²) >= 11 is 0. The lowest BCUT2D eigenvalue weighted by atomic mass is 10.1. The van der Waals surface area contributed by atoms with Gasteiger partial charge in [0.1, 0.15) is 18.1 Å². The Morgan fingerprint density at radius 2 is 1.75 bits per heavy atom. The minimum atomic E-state index is 0. The maximum atomic E-state index is 5.75. The van der Waals surface area contributed by atoms with Crippen molar-refractivity contribution in [1.29, 1.82) is 0 Å². The van der Waals surface area contributed by atoms with Crippen molar-refractivity contribution in [3.63, 3.8) is 0 Å². The summed E-state index contributed by atoms with van der Waals surface area (Å²) in [5, 5.41) is 3.35. The monoisotopic (exact) mass is 300 g/mol. The summed E-state index contributed by atoms with van der Waals surface area (Å²) in [6, 6.07) is 8.44. The highest BCUT2D eigenvalue weighted by Crippen LogP contribution is 2.17. The molecule has 5 heteroatoms. The number of halogens is 1. The molecule has 4 nitrogen and oxygen atoms in total. The molecular formula is C15H25ClN2O2. The minimum Gasteiger partial charge on any atom is -0.497 e. The highest BCUT2D eigenvalue weighted by atomic mass is 35.5. The number of piperidine rings is 1. The summed E-state index contributed by atoms with van der Waals surface area (Å²) in [6.45, 7) is 4.08. The number of hydrogen-bond donors (Lipinski definition) is 1. The Morgan fingerprint density at radius 1 is 1.15 bits per heavy atom. The van der Waals surface area contributed by atoms with E-state index < -0.39 is 0 Å². The molecule has 0 aliphatic carbocycles. The fourth-order valence-electron chi connectivity index (χ4n) is 2.41. The molecule has 0 amide bonds. The molecule has 1 aromatic carbocycles. The zero-order valence-electron chi connectivity index (χ0n) is 12.3. The minimum absolute atomic E-state index is 0. The highest BCUT2D eigenvalue weighted by Gasteiger charge is 2.17. The van der Waals surface area contributed by atoms with Crippen molar-refractivity contribution in [2.24, 2.45) is 0 Å². The van der Waals surface area contributed by atoms with Crippen LogP contribution in [0, 0.1) is 0 Å². The van der Waals surface area contributed by atoms with Gasteiger partial charge in [-0.3, -0.25) is 4.90 Å². The molecule has 0 atom stereocenters. The molecule has 2 rings (SSSR count). The molecule has 1 aliphatic rings. The summed E-state index contributed by atoms with van der Waals surface area (Å²) in [6.07, 6.45) is 2.47. The van der Waals surface area contributed by atoms with Gasteiger partial charge < -0.3 is 14.8 Å². The standard InChI is InChI=1S/C15H24N2O2.ClH/c1-16-13-7-9-17(10-8-13)11-12-19-15-5-3-14(18-2)4-6-15;/h3-6,13,16H,7-12H2,1-2H3;1H. The second-order valence-corrected chi connectivity index (χ2v) is 4.93. The first-order valence-corrected chi connectivity index (χ1v) is 6.98. The van der Waals surface area contributed by atoms with E-state index in [1.807, 2.05) is 31.3 Å². The van der Waals surface area contributed by atoms with Crippen LogP contribution in [0.25, 0.3) is 0 Å². The van der Waals surface area contributed by atoms with E-state index in [0.717, 1.165) is 37.7 Å². The van der Waals surface area contributed by atoms with E-state index in [-0.39, 0.29) is 12.4 Å². The van der Waals surface area contributed by atoms with Crippen LogP contribution in [0.1, 0.15) is 12.8 Å². The van der Waals surface area contributed by atoms with Crippen molar-refractivity contribution in [3.8, 4) is 11.5 Å². The Morgan fingerprint density at radius 3 is 2.30 bits per heavy atom. The lowest BCUT2D eigenvalue weighted by Crippen LogP contribution is -2.42. The third kappa shape index (κ3) is 5.19. The Bertz CT molecular complexity index is 365. The van der Waals surface area contributed by atoms with Crippen molar-refractivity contribution in [2.75, 3.05) is 40.4 Å². The molecule has 0 spiro atoms. The van der Waals surface area contributed by atoms with E-state index >= 15 is 0 Å². The number of hydrogen-bond acceptors (Lipinski definition) is 4. The van der Waals surface area contributed by atoms with Gasteiger partial charge in [-0.1, -0.05) is 0 Å². The number of methoxy groups -OCH3 is 1. The molecule has 20 heavy (non-hydrogen) atoms. The van der Waals surface area contributed by atoms with Gasteiger partial charge in [0.05, 0.1) is 7.11 Å². The molecule has 0 saturated carbocycles. The van der Waals surface area contributed by atoms with Crippen LogP contribution in [0.2, 0.25) is 0 Å². The van der Waals surface area contributed by atoms with Gasteiger partial charge in [-0.2, -0.15) is 0 Å². The molecule has 0 radical (unpaired) electrons. The first-order valence-electron chi connectivity index (χ1n) is 6.98. The fourth-order valence-corrected chi connectivity index (χ4v) is 2.41. The third-order valence-corrected chi connectivity index (χ3v) is 3.73. The van der Waals surface area contributed by atoms with Crippen LogP contribution in [0.5, 0.6) is 11.5 Å². The van der Waals surface area contributed by atoms with E-state index in [2.05, 4.69) is 10.2 Å². The number of likely N-dealkylation sites (tertiary alicyclic amines) is 1. The molecular weight excluding hydrogens is 276 g/mol.